The van der Waals surface area contributed by atoms with Gasteiger partial charge in [0, 0.05) is 19.7 Å². The van der Waals surface area contributed by atoms with Gasteiger partial charge in [-0.1, -0.05) is 32.0 Å². The molecule has 1 rings (SSSR count). The van der Waals surface area contributed by atoms with E-state index in [9.17, 15) is 0 Å². The minimum atomic E-state index is 0.232. The highest BCUT2D eigenvalue weighted by Gasteiger charge is 2.16. The highest BCUT2D eigenvalue weighted by atomic mass is 16.5. The quantitative estimate of drug-likeness (QED) is 0.662. The largest absolute Gasteiger partial charge is 0.492 e. The number of benzene rings is 1. The molecule has 0 saturated heterocycles. The molecule has 0 amide bonds. The van der Waals surface area contributed by atoms with Crippen LogP contribution in [0.1, 0.15) is 26.7 Å². The van der Waals surface area contributed by atoms with E-state index < -0.39 is 0 Å². The van der Waals surface area contributed by atoms with Gasteiger partial charge in [0.25, 0.3) is 0 Å². The summed E-state index contributed by atoms with van der Waals surface area (Å²) in [6.07, 6.45) is 1.91. The van der Waals surface area contributed by atoms with Crippen molar-refractivity contribution in [2.45, 2.75) is 26.7 Å². The molecule has 0 aromatic heterocycles. The van der Waals surface area contributed by atoms with Crippen molar-refractivity contribution < 1.29 is 9.84 Å². The molecule has 0 aliphatic carbocycles. The Morgan fingerprint density at radius 3 is 2.61 bits per heavy atom. The van der Waals surface area contributed by atoms with Crippen molar-refractivity contribution in [2.24, 2.45) is 5.41 Å². The Labute approximate surface area is 110 Å². The Morgan fingerprint density at radius 1 is 1.22 bits per heavy atom. The maximum atomic E-state index is 8.82. The predicted octanol–water partition coefficient (Wildman–Crippen LogP) is 2.45. The van der Waals surface area contributed by atoms with Crippen LogP contribution in [0.3, 0.4) is 0 Å². The van der Waals surface area contributed by atoms with Crippen LogP contribution in [0.2, 0.25) is 0 Å². The van der Waals surface area contributed by atoms with Crippen LogP contribution in [-0.2, 0) is 0 Å². The molecule has 0 fully saturated rings. The normalized spacial score (nSPS) is 11.5. The summed E-state index contributed by atoms with van der Waals surface area (Å²) in [7, 11) is 0. The summed E-state index contributed by atoms with van der Waals surface area (Å²) in [4.78, 5) is 0. The maximum Gasteiger partial charge on any atom is 0.119 e. The van der Waals surface area contributed by atoms with E-state index in [1.807, 2.05) is 30.3 Å². The van der Waals surface area contributed by atoms with Gasteiger partial charge in [-0.25, -0.2) is 0 Å². The summed E-state index contributed by atoms with van der Waals surface area (Å²) in [6, 6.07) is 9.85. The van der Waals surface area contributed by atoms with Gasteiger partial charge in [-0.2, -0.15) is 0 Å². The Hall–Kier alpha value is -1.06. The molecular weight excluding hydrogens is 226 g/mol. The third-order valence-electron chi connectivity index (χ3n) is 2.91. The average Bonchev–Trinajstić information content (AvgIpc) is 2.37. The summed E-state index contributed by atoms with van der Waals surface area (Å²) in [5.74, 6) is 0.916. The topological polar surface area (TPSA) is 41.5 Å². The lowest BCUT2D eigenvalue weighted by Gasteiger charge is -2.24. The molecule has 0 aliphatic heterocycles. The molecule has 1 aromatic rings. The second kappa shape index (κ2) is 8.11. The van der Waals surface area contributed by atoms with Crippen LogP contribution >= 0.6 is 0 Å². The van der Waals surface area contributed by atoms with Gasteiger partial charge in [-0.15, -0.1) is 0 Å². The van der Waals surface area contributed by atoms with E-state index >= 15 is 0 Å². The van der Waals surface area contributed by atoms with Gasteiger partial charge in [0.2, 0.25) is 0 Å². The van der Waals surface area contributed by atoms with Gasteiger partial charge in [0.05, 0.1) is 0 Å². The molecule has 0 bridgehead atoms. The highest BCUT2D eigenvalue weighted by Crippen LogP contribution is 2.20. The fourth-order valence-corrected chi connectivity index (χ4v) is 1.83. The molecule has 0 atom stereocenters. The van der Waals surface area contributed by atoms with Gasteiger partial charge in [0.15, 0.2) is 0 Å². The molecule has 0 saturated carbocycles. The van der Waals surface area contributed by atoms with Crippen molar-refractivity contribution in [2.75, 3.05) is 26.3 Å². The smallest absolute Gasteiger partial charge is 0.119 e. The average molecular weight is 251 g/mol. The molecule has 3 nitrogen and oxygen atoms in total. The van der Waals surface area contributed by atoms with E-state index in [1.54, 1.807) is 0 Å². The molecule has 102 valence electrons. The monoisotopic (exact) mass is 251 g/mol. The SMILES string of the molecule is CC(C)(CCCO)CNCCOc1ccccc1. The van der Waals surface area contributed by atoms with E-state index in [4.69, 9.17) is 9.84 Å². The van der Waals surface area contributed by atoms with Gasteiger partial charge in [-0.3, -0.25) is 0 Å². The van der Waals surface area contributed by atoms with Gasteiger partial charge >= 0.3 is 0 Å². The van der Waals surface area contributed by atoms with E-state index in [2.05, 4.69) is 19.2 Å². The second-order valence-electron chi connectivity index (χ2n) is 5.33. The van der Waals surface area contributed by atoms with E-state index in [1.165, 1.54) is 0 Å². The molecule has 0 spiro atoms. The van der Waals surface area contributed by atoms with Crippen molar-refractivity contribution >= 4 is 0 Å². The highest BCUT2D eigenvalue weighted by molar-refractivity contribution is 5.20. The maximum absolute atomic E-state index is 8.82. The van der Waals surface area contributed by atoms with Gasteiger partial charge in [-0.05, 0) is 30.4 Å². The molecule has 3 heteroatoms. The Morgan fingerprint density at radius 2 is 1.94 bits per heavy atom. The first kappa shape index (κ1) is 15.0. The fraction of sp³-hybridized carbons (Fsp3) is 0.600. The fourth-order valence-electron chi connectivity index (χ4n) is 1.83. The summed E-state index contributed by atoms with van der Waals surface area (Å²) >= 11 is 0. The first-order chi connectivity index (χ1) is 8.64. The number of aliphatic hydroxyl groups excluding tert-OH is 1. The van der Waals surface area contributed by atoms with Crippen LogP contribution in [0.4, 0.5) is 0 Å². The number of para-hydroxylation sites is 1. The first-order valence-corrected chi connectivity index (χ1v) is 6.63. The lowest BCUT2D eigenvalue weighted by molar-refractivity contribution is 0.231. The zero-order valence-corrected chi connectivity index (χ0v) is 11.5. The number of rotatable bonds is 9. The number of aliphatic hydroxyl groups is 1. The van der Waals surface area contributed by atoms with Crippen molar-refractivity contribution in [3.8, 4) is 5.75 Å². The van der Waals surface area contributed by atoms with E-state index in [-0.39, 0.29) is 12.0 Å². The van der Waals surface area contributed by atoms with Crippen molar-refractivity contribution in [1.29, 1.82) is 0 Å². The molecule has 0 radical (unpaired) electrons. The van der Waals surface area contributed by atoms with Crippen LogP contribution in [0.25, 0.3) is 0 Å². The lowest BCUT2D eigenvalue weighted by Crippen LogP contribution is -2.32. The van der Waals surface area contributed by atoms with E-state index in [0.717, 1.165) is 31.7 Å². The Balaban J connectivity index is 2.08. The zero-order chi connectivity index (χ0) is 13.3. The summed E-state index contributed by atoms with van der Waals surface area (Å²) in [5.41, 5.74) is 0.232. The van der Waals surface area contributed by atoms with Crippen LogP contribution in [0.5, 0.6) is 5.75 Å². The van der Waals surface area contributed by atoms with Gasteiger partial charge in [0.1, 0.15) is 12.4 Å². The molecule has 0 aliphatic rings. The van der Waals surface area contributed by atoms with Gasteiger partial charge < -0.3 is 15.2 Å². The Kier molecular flexibility index (Phi) is 6.76. The number of hydrogen-bond donors (Lipinski definition) is 2. The van der Waals surface area contributed by atoms with E-state index in [0.29, 0.717) is 6.61 Å². The minimum Gasteiger partial charge on any atom is -0.492 e. The van der Waals surface area contributed by atoms with Crippen LogP contribution in [0.15, 0.2) is 30.3 Å². The first-order valence-electron chi connectivity index (χ1n) is 6.63. The summed E-state index contributed by atoms with van der Waals surface area (Å²) in [6.45, 7) is 7.19. The zero-order valence-electron chi connectivity index (χ0n) is 11.5. The predicted molar refractivity (Wildman–Crippen MR) is 74.9 cm³/mol. The molecule has 0 unspecified atom stereocenters. The lowest BCUT2D eigenvalue weighted by atomic mass is 9.88. The number of ether oxygens (including phenoxy) is 1. The number of nitrogens with one attached hydrogen (secondary N) is 1. The Bertz CT molecular complexity index is 312. The standard InChI is InChI=1S/C15H25NO2/c1-15(2,9-6-11-17)13-16-10-12-18-14-7-4-3-5-8-14/h3-5,7-8,16-17H,6,9-13H2,1-2H3. The molecule has 18 heavy (non-hydrogen) atoms. The summed E-state index contributed by atoms with van der Waals surface area (Å²) < 4.78 is 5.60. The second-order valence-corrected chi connectivity index (χ2v) is 5.33. The van der Waals surface area contributed by atoms with Crippen molar-refractivity contribution in [3.05, 3.63) is 30.3 Å². The third kappa shape index (κ3) is 6.62. The molecule has 2 N–H and O–H groups in total. The van der Waals surface area contributed by atoms with Crippen LogP contribution in [-0.4, -0.2) is 31.4 Å². The minimum absolute atomic E-state index is 0.232. The van der Waals surface area contributed by atoms with Crippen molar-refractivity contribution in [1.82, 2.24) is 5.32 Å². The molecule has 1 aromatic carbocycles. The third-order valence-corrected chi connectivity index (χ3v) is 2.91. The van der Waals surface area contributed by atoms with Crippen LogP contribution in [0, 0.1) is 5.41 Å². The van der Waals surface area contributed by atoms with Crippen molar-refractivity contribution in [3.63, 3.8) is 0 Å². The summed E-state index contributed by atoms with van der Waals surface area (Å²) in [5, 5.41) is 12.2. The van der Waals surface area contributed by atoms with Crippen LogP contribution < -0.4 is 10.1 Å². The number of hydrogen-bond acceptors (Lipinski definition) is 3. The molecule has 0 heterocycles. The molecular formula is C15H25NO2.